The fourth-order valence-electron chi connectivity index (χ4n) is 2.81. The van der Waals surface area contributed by atoms with Gasteiger partial charge in [0.25, 0.3) is 0 Å². The van der Waals surface area contributed by atoms with Gasteiger partial charge in [0, 0.05) is 16.5 Å². The standard InChI is InChI=1S/C20H16N4O2/c1-2-26-20(25)19-18(22-24-23-19)15-9-8-14-10-11-16(21-17(14)12-15)13-6-4-3-5-7-13/h3-12H,2H2,1H3,(H,22,23,24). The Kier molecular flexibility index (Phi) is 4.15. The van der Waals surface area contributed by atoms with Crippen molar-refractivity contribution < 1.29 is 9.53 Å². The molecule has 2 heterocycles. The zero-order valence-electron chi connectivity index (χ0n) is 14.1. The lowest BCUT2D eigenvalue weighted by Gasteiger charge is -2.06. The fourth-order valence-corrected chi connectivity index (χ4v) is 2.81. The highest BCUT2D eigenvalue weighted by Gasteiger charge is 2.19. The Balaban J connectivity index is 1.78. The second-order valence-electron chi connectivity index (χ2n) is 5.71. The van der Waals surface area contributed by atoms with Gasteiger partial charge in [-0.2, -0.15) is 10.3 Å². The lowest BCUT2D eigenvalue weighted by atomic mass is 10.1. The number of esters is 1. The third kappa shape index (κ3) is 2.93. The van der Waals surface area contributed by atoms with Crippen molar-refractivity contribution in [1.82, 2.24) is 20.4 Å². The predicted molar refractivity (Wildman–Crippen MR) is 98.5 cm³/mol. The molecule has 0 atom stereocenters. The number of H-pyrrole nitrogens is 1. The highest BCUT2D eigenvalue weighted by Crippen LogP contribution is 2.26. The number of aromatic amines is 1. The molecule has 0 bridgehead atoms. The number of aromatic nitrogens is 4. The van der Waals surface area contributed by atoms with Gasteiger partial charge in [0.1, 0.15) is 5.69 Å². The molecule has 26 heavy (non-hydrogen) atoms. The van der Waals surface area contributed by atoms with Gasteiger partial charge < -0.3 is 4.74 Å². The van der Waals surface area contributed by atoms with Crippen molar-refractivity contribution in [3.8, 4) is 22.5 Å². The molecule has 6 heteroatoms. The zero-order chi connectivity index (χ0) is 17.9. The number of benzene rings is 2. The van der Waals surface area contributed by atoms with Crippen molar-refractivity contribution in [2.45, 2.75) is 6.92 Å². The molecule has 0 spiro atoms. The summed E-state index contributed by atoms with van der Waals surface area (Å²) in [6.45, 7) is 2.04. The third-order valence-corrected chi connectivity index (χ3v) is 4.05. The van der Waals surface area contributed by atoms with Crippen molar-refractivity contribution in [2.75, 3.05) is 6.61 Å². The first kappa shape index (κ1) is 16.0. The average molecular weight is 344 g/mol. The van der Waals surface area contributed by atoms with Crippen LogP contribution in [-0.4, -0.2) is 33.0 Å². The number of nitrogens with one attached hydrogen (secondary N) is 1. The molecule has 0 amide bonds. The maximum atomic E-state index is 12.0. The Morgan fingerprint density at radius 3 is 2.62 bits per heavy atom. The maximum absolute atomic E-state index is 12.0. The van der Waals surface area contributed by atoms with Gasteiger partial charge in [-0.15, -0.1) is 5.10 Å². The van der Waals surface area contributed by atoms with E-state index in [0.29, 0.717) is 5.69 Å². The first-order valence-corrected chi connectivity index (χ1v) is 8.31. The third-order valence-electron chi connectivity index (χ3n) is 4.05. The Hall–Kier alpha value is -3.54. The Bertz CT molecular complexity index is 1070. The molecule has 4 aromatic rings. The molecule has 0 aliphatic heterocycles. The van der Waals surface area contributed by atoms with Gasteiger partial charge in [-0.3, -0.25) is 0 Å². The molecule has 0 saturated heterocycles. The summed E-state index contributed by atoms with van der Waals surface area (Å²) >= 11 is 0. The lowest BCUT2D eigenvalue weighted by molar-refractivity contribution is 0.0520. The van der Waals surface area contributed by atoms with E-state index >= 15 is 0 Å². The van der Waals surface area contributed by atoms with Crippen LogP contribution in [0.1, 0.15) is 17.4 Å². The van der Waals surface area contributed by atoms with Gasteiger partial charge in [0.05, 0.1) is 17.8 Å². The number of hydrogen-bond donors (Lipinski definition) is 1. The molecule has 2 aromatic heterocycles. The van der Waals surface area contributed by atoms with Crippen LogP contribution in [0.5, 0.6) is 0 Å². The van der Waals surface area contributed by atoms with Crippen LogP contribution in [0.2, 0.25) is 0 Å². The Morgan fingerprint density at radius 1 is 1.00 bits per heavy atom. The Labute approximate surface area is 149 Å². The van der Waals surface area contributed by atoms with Crippen LogP contribution >= 0.6 is 0 Å². The molecule has 2 aromatic carbocycles. The van der Waals surface area contributed by atoms with Gasteiger partial charge >= 0.3 is 5.97 Å². The van der Waals surface area contributed by atoms with Gasteiger partial charge in [-0.25, -0.2) is 9.78 Å². The van der Waals surface area contributed by atoms with E-state index in [0.717, 1.165) is 27.7 Å². The van der Waals surface area contributed by atoms with E-state index < -0.39 is 5.97 Å². The minimum Gasteiger partial charge on any atom is -0.461 e. The van der Waals surface area contributed by atoms with Crippen LogP contribution in [0, 0.1) is 0 Å². The SMILES string of the molecule is CCOC(=O)c1n[nH]nc1-c1ccc2ccc(-c3ccccc3)nc2c1. The van der Waals surface area contributed by atoms with E-state index in [4.69, 9.17) is 9.72 Å². The number of carbonyl (C=O) groups excluding carboxylic acids is 1. The van der Waals surface area contributed by atoms with Crippen molar-refractivity contribution in [3.05, 3.63) is 66.4 Å². The van der Waals surface area contributed by atoms with Crippen LogP contribution in [0.3, 0.4) is 0 Å². The Morgan fingerprint density at radius 2 is 1.81 bits per heavy atom. The molecule has 0 aliphatic carbocycles. The minimum atomic E-state index is -0.498. The van der Waals surface area contributed by atoms with E-state index in [9.17, 15) is 4.79 Å². The second-order valence-corrected chi connectivity index (χ2v) is 5.71. The molecule has 128 valence electrons. The number of rotatable bonds is 4. The normalized spacial score (nSPS) is 10.8. The summed E-state index contributed by atoms with van der Waals surface area (Å²) in [7, 11) is 0. The number of nitrogens with zero attached hydrogens (tertiary/aromatic N) is 3. The van der Waals surface area contributed by atoms with Crippen LogP contribution in [0.4, 0.5) is 0 Å². The topological polar surface area (TPSA) is 80.8 Å². The summed E-state index contributed by atoms with van der Waals surface area (Å²) in [6.07, 6.45) is 0. The summed E-state index contributed by atoms with van der Waals surface area (Å²) in [5.41, 5.74) is 4.14. The van der Waals surface area contributed by atoms with E-state index in [1.807, 2.05) is 60.7 Å². The molecular formula is C20H16N4O2. The zero-order valence-corrected chi connectivity index (χ0v) is 14.1. The average Bonchev–Trinajstić information content (AvgIpc) is 3.18. The quantitative estimate of drug-likeness (QED) is 0.569. The molecule has 0 fully saturated rings. The van der Waals surface area contributed by atoms with Crippen LogP contribution < -0.4 is 0 Å². The largest absolute Gasteiger partial charge is 0.461 e. The van der Waals surface area contributed by atoms with Crippen molar-refractivity contribution in [3.63, 3.8) is 0 Å². The number of hydrogen-bond acceptors (Lipinski definition) is 5. The van der Waals surface area contributed by atoms with Crippen molar-refractivity contribution >= 4 is 16.9 Å². The summed E-state index contributed by atoms with van der Waals surface area (Å²) < 4.78 is 5.04. The number of ether oxygens (including phenoxy) is 1. The van der Waals surface area contributed by atoms with Crippen molar-refractivity contribution in [2.24, 2.45) is 0 Å². The van der Waals surface area contributed by atoms with Gasteiger partial charge in [-0.1, -0.05) is 48.5 Å². The summed E-state index contributed by atoms with van der Waals surface area (Å²) in [5.74, 6) is -0.498. The molecule has 0 saturated carbocycles. The molecule has 0 unspecified atom stereocenters. The van der Waals surface area contributed by atoms with Gasteiger partial charge in [0.2, 0.25) is 0 Å². The monoisotopic (exact) mass is 344 g/mol. The van der Waals surface area contributed by atoms with E-state index in [1.165, 1.54) is 0 Å². The summed E-state index contributed by atoms with van der Waals surface area (Å²) in [4.78, 5) is 16.8. The first-order chi connectivity index (χ1) is 12.8. The highest BCUT2D eigenvalue weighted by atomic mass is 16.5. The highest BCUT2D eigenvalue weighted by molar-refractivity contribution is 5.95. The van der Waals surface area contributed by atoms with Crippen LogP contribution in [0.15, 0.2) is 60.7 Å². The number of pyridine rings is 1. The number of fused-ring (bicyclic) bond motifs is 1. The predicted octanol–water partition coefficient (Wildman–Crippen LogP) is 3.86. The van der Waals surface area contributed by atoms with Gasteiger partial charge in [0.15, 0.2) is 5.69 Å². The first-order valence-electron chi connectivity index (χ1n) is 8.31. The molecular weight excluding hydrogens is 328 g/mol. The van der Waals surface area contributed by atoms with Gasteiger partial charge in [-0.05, 0) is 19.1 Å². The van der Waals surface area contributed by atoms with Crippen LogP contribution in [0.25, 0.3) is 33.4 Å². The minimum absolute atomic E-state index is 0.172. The molecule has 4 rings (SSSR count). The second kappa shape index (κ2) is 6.76. The van der Waals surface area contributed by atoms with Crippen molar-refractivity contribution in [1.29, 1.82) is 0 Å². The maximum Gasteiger partial charge on any atom is 0.361 e. The molecule has 1 N–H and O–H groups in total. The van der Waals surface area contributed by atoms with E-state index in [1.54, 1.807) is 6.92 Å². The molecule has 0 radical (unpaired) electrons. The van der Waals surface area contributed by atoms with Crippen LogP contribution in [-0.2, 0) is 4.74 Å². The fraction of sp³-hybridized carbons (Fsp3) is 0.100. The molecule has 0 aliphatic rings. The summed E-state index contributed by atoms with van der Waals surface area (Å²) in [5, 5.41) is 11.5. The summed E-state index contributed by atoms with van der Waals surface area (Å²) in [6, 6.07) is 19.8. The smallest absolute Gasteiger partial charge is 0.361 e. The molecule has 6 nitrogen and oxygen atoms in total. The number of carbonyl (C=O) groups is 1. The van der Waals surface area contributed by atoms with E-state index in [2.05, 4.69) is 15.4 Å². The van der Waals surface area contributed by atoms with E-state index in [-0.39, 0.29) is 12.3 Å². The lowest BCUT2D eigenvalue weighted by Crippen LogP contribution is -2.06.